The standard InChI is InChI=1S/C26H21Cl2NO7/c1-34-15-6-4-5-14(10-15)29-23(13-7-8-19(30)17(27)9-13)22(25(32)26(29)33)24(31)16-11-21(36-3)18(28)12-20(16)35-2/h4-12,23,30-31H,1-3H3/b24-22+. The zero-order valence-corrected chi connectivity index (χ0v) is 20.9. The molecule has 1 heterocycles. The number of phenolic OH excluding ortho intramolecular Hbond substituents is 1. The van der Waals surface area contributed by atoms with Gasteiger partial charge >= 0.3 is 0 Å². The number of aliphatic hydroxyl groups is 1. The number of aliphatic hydroxyl groups excluding tert-OH is 1. The Morgan fingerprint density at radius 1 is 0.889 bits per heavy atom. The highest BCUT2D eigenvalue weighted by Crippen LogP contribution is 2.46. The van der Waals surface area contributed by atoms with Crippen molar-refractivity contribution in [2.24, 2.45) is 0 Å². The monoisotopic (exact) mass is 529 g/mol. The molecule has 10 heteroatoms. The third-order valence-electron chi connectivity index (χ3n) is 5.79. The highest BCUT2D eigenvalue weighted by Gasteiger charge is 2.47. The molecule has 8 nitrogen and oxygen atoms in total. The second kappa shape index (κ2) is 10.0. The van der Waals surface area contributed by atoms with Crippen LogP contribution in [0.4, 0.5) is 5.69 Å². The van der Waals surface area contributed by atoms with E-state index in [0.29, 0.717) is 17.0 Å². The smallest absolute Gasteiger partial charge is 0.300 e. The van der Waals surface area contributed by atoms with Gasteiger partial charge in [0, 0.05) is 17.8 Å². The van der Waals surface area contributed by atoms with Crippen molar-refractivity contribution in [1.29, 1.82) is 0 Å². The maximum Gasteiger partial charge on any atom is 0.300 e. The van der Waals surface area contributed by atoms with Crippen LogP contribution in [-0.4, -0.2) is 43.2 Å². The minimum absolute atomic E-state index is 0.00877. The van der Waals surface area contributed by atoms with Gasteiger partial charge in [0.15, 0.2) is 0 Å². The second-order valence-electron chi connectivity index (χ2n) is 7.77. The molecule has 2 N–H and O–H groups in total. The number of amides is 1. The number of carbonyl (C=O) groups excluding carboxylic acids is 2. The topological polar surface area (TPSA) is 106 Å². The van der Waals surface area contributed by atoms with Crippen LogP contribution in [0.3, 0.4) is 0 Å². The molecular formula is C26H21Cl2NO7. The summed E-state index contributed by atoms with van der Waals surface area (Å²) >= 11 is 12.4. The Morgan fingerprint density at radius 3 is 2.25 bits per heavy atom. The molecule has 0 bridgehead atoms. The minimum atomic E-state index is -1.10. The van der Waals surface area contributed by atoms with Crippen LogP contribution < -0.4 is 19.1 Å². The molecule has 0 aliphatic carbocycles. The third-order valence-corrected chi connectivity index (χ3v) is 6.39. The molecule has 1 amide bonds. The number of rotatable bonds is 6. The molecular weight excluding hydrogens is 509 g/mol. The number of anilines is 1. The lowest BCUT2D eigenvalue weighted by molar-refractivity contribution is -0.132. The Labute approximate surface area is 216 Å². The summed E-state index contributed by atoms with van der Waals surface area (Å²) in [6.07, 6.45) is 0. The van der Waals surface area contributed by atoms with Crippen molar-refractivity contribution < 1.29 is 34.0 Å². The number of aromatic hydroxyl groups is 1. The van der Waals surface area contributed by atoms with Gasteiger partial charge in [0.25, 0.3) is 11.7 Å². The molecule has 1 aliphatic heterocycles. The number of carbonyl (C=O) groups is 2. The van der Waals surface area contributed by atoms with Crippen molar-refractivity contribution in [2.45, 2.75) is 6.04 Å². The van der Waals surface area contributed by atoms with Gasteiger partial charge in [-0.2, -0.15) is 0 Å². The van der Waals surface area contributed by atoms with E-state index in [2.05, 4.69) is 0 Å². The molecule has 1 aliphatic rings. The van der Waals surface area contributed by atoms with Crippen molar-refractivity contribution in [3.63, 3.8) is 0 Å². The number of nitrogens with zero attached hydrogens (tertiary/aromatic N) is 1. The van der Waals surface area contributed by atoms with Crippen LogP contribution in [0.25, 0.3) is 5.76 Å². The van der Waals surface area contributed by atoms with Gasteiger partial charge in [-0.3, -0.25) is 14.5 Å². The Bertz CT molecular complexity index is 1400. The first-order chi connectivity index (χ1) is 17.2. The van der Waals surface area contributed by atoms with Crippen molar-refractivity contribution in [2.75, 3.05) is 26.2 Å². The van der Waals surface area contributed by atoms with E-state index in [1.54, 1.807) is 24.3 Å². The van der Waals surface area contributed by atoms with Crippen LogP contribution in [0, 0.1) is 0 Å². The van der Waals surface area contributed by atoms with Crippen LogP contribution >= 0.6 is 23.2 Å². The summed E-state index contributed by atoms with van der Waals surface area (Å²) in [7, 11) is 4.25. The number of ketones is 1. The van der Waals surface area contributed by atoms with Gasteiger partial charge in [0.2, 0.25) is 0 Å². The number of methoxy groups -OCH3 is 3. The van der Waals surface area contributed by atoms with Crippen molar-refractivity contribution in [3.8, 4) is 23.0 Å². The molecule has 0 aromatic heterocycles. The first kappa shape index (κ1) is 25.2. The van der Waals surface area contributed by atoms with Gasteiger partial charge in [0.05, 0.1) is 48.6 Å². The molecule has 3 aromatic rings. The van der Waals surface area contributed by atoms with Gasteiger partial charge < -0.3 is 24.4 Å². The summed E-state index contributed by atoms with van der Waals surface area (Å²) in [6, 6.07) is 12.6. The summed E-state index contributed by atoms with van der Waals surface area (Å²) in [5, 5.41) is 21.6. The summed E-state index contributed by atoms with van der Waals surface area (Å²) < 4.78 is 15.9. The molecule has 1 atom stereocenters. The normalized spacial score (nSPS) is 16.8. The molecule has 1 saturated heterocycles. The average molecular weight is 530 g/mol. The number of Topliss-reactive ketones (excluding diaryl/α,β-unsaturated/α-hetero) is 1. The Hall–Kier alpha value is -3.88. The predicted molar refractivity (Wildman–Crippen MR) is 135 cm³/mol. The van der Waals surface area contributed by atoms with Gasteiger partial charge in [-0.25, -0.2) is 0 Å². The fraction of sp³-hybridized carbons (Fsp3) is 0.154. The number of phenols is 1. The van der Waals surface area contributed by atoms with Gasteiger partial charge in [-0.15, -0.1) is 0 Å². The Morgan fingerprint density at radius 2 is 1.61 bits per heavy atom. The van der Waals surface area contributed by atoms with Gasteiger partial charge in [-0.1, -0.05) is 35.3 Å². The molecule has 0 saturated carbocycles. The van der Waals surface area contributed by atoms with Gasteiger partial charge in [0.1, 0.15) is 28.8 Å². The van der Waals surface area contributed by atoms with E-state index in [1.165, 1.54) is 56.6 Å². The highest BCUT2D eigenvalue weighted by atomic mass is 35.5. The number of benzene rings is 3. The highest BCUT2D eigenvalue weighted by molar-refractivity contribution is 6.51. The molecule has 0 radical (unpaired) electrons. The van der Waals surface area contributed by atoms with E-state index in [-0.39, 0.29) is 38.4 Å². The van der Waals surface area contributed by atoms with Crippen LogP contribution in [0.2, 0.25) is 10.0 Å². The van der Waals surface area contributed by atoms with Crippen molar-refractivity contribution in [1.82, 2.24) is 0 Å². The van der Waals surface area contributed by atoms with Crippen LogP contribution in [-0.2, 0) is 9.59 Å². The van der Waals surface area contributed by atoms with Crippen molar-refractivity contribution in [3.05, 3.63) is 81.3 Å². The fourth-order valence-electron chi connectivity index (χ4n) is 4.06. The summed E-state index contributed by atoms with van der Waals surface area (Å²) in [5.74, 6) is -1.64. The fourth-order valence-corrected chi connectivity index (χ4v) is 4.48. The zero-order valence-electron chi connectivity index (χ0n) is 19.4. The molecule has 1 unspecified atom stereocenters. The number of hydrogen-bond acceptors (Lipinski definition) is 7. The lowest BCUT2D eigenvalue weighted by atomic mass is 9.94. The maximum absolute atomic E-state index is 13.4. The quantitative estimate of drug-likeness (QED) is 0.252. The minimum Gasteiger partial charge on any atom is -0.507 e. The lowest BCUT2D eigenvalue weighted by Crippen LogP contribution is -2.29. The van der Waals surface area contributed by atoms with Crippen molar-refractivity contribution >= 4 is 46.3 Å². The number of halogens is 2. The van der Waals surface area contributed by atoms with Crippen LogP contribution in [0.5, 0.6) is 23.0 Å². The SMILES string of the molecule is COc1cccc(N2C(=O)C(=O)/C(=C(/O)c3cc(OC)c(Cl)cc3OC)C2c2ccc(O)c(Cl)c2)c1. The molecule has 1 fully saturated rings. The number of hydrogen-bond donors (Lipinski definition) is 2. The predicted octanol–water partition coefficient (Wildman–Crippen LogP) is 5.35. The molecule has 0 spiro atoms. The first-order valence-corrected chi connectivity index (χ1v) is 11.3. The molecule has 3 aromatic carbocycles. The van der Waals surface area contributed by atoms with Crippen LogP contribution in [0.15, 0.2) is 60.2 Å². The van der Waals surface area contributed by atoms with E-state index in [9.17, 15) is 19.8 Å². The Kier molecular flexibility index (Phi) is 7.01. The molecule has 36 heavy (non-hydrogen) atoms. The summed E-state index contributed by atoms with van der Waals surface area (Å²) in [4.78, 5) is 28.0. The third kappa shape index (κ3) is 4.29. The van der Waals surface area contributed by atoms with E-state index in [0.717, 1.165) is 0 Å². The molecule has 4 rings (SSSR count). The second-order valence-corrected chi connectivity index (χ2v) is 8.58. The van der Waals surface area contributed by atoms with E-state index < -0.39 is 23.5 Å². The molecule has 186 valence electrons. The zero-order chi connectivity index (χ0) is 26.1. The summed E-state index contributed by atoms with van der Waals surface area (Å²) in [6.45, 7) is 0. The van der Waals surface area contributed by atoms with Crippen LogP contribution in [0.1, 0.15) is 17.2 Å². The maximum atomic E-state index is 13.4. The van der Waals surface area contributed by atoms with E-state index in [1.807, 2.05) is 0 Å². The number of ether oxygens (including phenoxy) is 3. The van der Waals surface area contributed by atoms with E-state index in [4.69, 9.17) is 37.4 Å². The van der Waals surface area contributed by atoms with E-state index >= 15 is 0 Å². The summed E-state index contributed by atoms with van der Waals surface area (Å²) in [5.41, 5.74) is 0.608. The largest absolute Gasteiger partial charge is 0.507 e. The average Bonchev–Trinajstić information content (AvgIpc) is 3.15. The van der Waals surface area contributed by atoms with Gasteiger partial charge in [-0.05, 0) is 35.9 Å². The first-order valence-electron chi connectivity index (χ1n) is 10.6. The Balaban J connectivity index is 2.02. The lowest BCUT2D eigenvalue weighted by Gasteiger charge is -2.26.